The second-order valence-electron chi connectivity index (χ2n) is 1.88. The van der Waals surface area contributed by atoms with E-state index < -0.39 is 0 Å². The molecule has 1 rings (SSSR count). The van der Waals surface area contributed by atoms with Crippen LogP contribution in [0, 0.1) is 0 Å². The van der Waals surface area contributed by atoms with Crippen LogP contribution in [0.3, 0.4) is 0 Å². The van der Waals surface area contributed by atoms with Gasteiger partial charge in [0.25, 0.3) is 0 Å². The highest BCUT2D eigenvalue weighted by Gasteiger charge is 2.01. The summed E-state index contributed by atoms with van der Waals surface area (Å²) in [5, 5.41) is 0.514. The standard InChI is InChI=1S/C7H4BrClO2/c8-11-7-2-1-6(9)3-5(7)4-10/h1-4H. The van der Waals surface area contributed by atoms with E-state index in [1.54, 1.807) is 12.1 Å². The van der Waals surface area contributed by atoms with Crippen LogP contribution in [-0.2, 0) is 0 Å². The number of carbonyl (C=O) groups is 1. The van der Waals surface area contributed by atoms with Crippen molar-refractivity contribution in [2.24, 2.45) is 0 Å². The van der Waals surface area contributed by atoms with Gasteiger partial charge < -0.3 is 3.83 Å². The van der Waals surface area contributed by atoms with E-state index in [2.05, 4.69) is 16.3 Å². The lowest BCUT2D eigenvalue weighted by Gasteiger charge is -1.99. The van der Waals surface area contributed by atoms with E-state index in [4.69, 9.17) is 15.4 Å². The lowest BCUT2D eigenvalue weighted by atomic mass is 10.2. The van der Waals surface area contributed by atoms with E-state index in [1.807, 2.05) is 0 Å². The van der Waals surface area contributed by atoms with Gasteiger partial charge in [0.05, 0.1) is 5.56 Å². The molecule has 0 amide bonds. The first-order valence-corrected chi connectivity index (χ1v) is 3.84. The second kappa shape index (κ2) is 3.74. The predicted octanol–water partition coefficient (Wildman–Crippen LogP) is 2.84. The third kappa shape index (κ3) is 1.94. The molecule has 11 heavy (non-hydrogen) atoms. The molecule has 0 bridgehead atoms. The Morgan fingerprint density at radius 2 is 2.27 bits per heavy atom. The molecule has 1 aromatic rings. The molecule has 2 nitrogen and oxygen atoms in total. The molecule has 0 spiro atoms. The van der Waals surface area contributed by atoms with Gasteiger partial charge >= 0.3 is 0 Å². The van der Waals surface area contributed by atoms with Crippen molar-refractivity contribution < 1.29 is 8.62 Å². The van der Waals surface area contributed by atoms with Gasteiger partial charge in [-0.3, -0.25) is 4.79 Å². The molecule has 0 aliphatic heterocycles. The molecule has 0 heterocycles. The third-order valence-corrected chi connectivity index (χ3v) is 1.77. The molecule has 0 saturated heterocycles. The topological polar surface area (TPSA) is 26.3 Å². The van der Waals surface area contributed by atoms with Crippen molar-refractivity contribution in [3.8, 4) is 5.75 Å². The smallest absolute Gasteiger partial charge is 0.179 e. The van der Waals surface area contributed by atoms with Crippen molar-refractivity contribution in [3.63, 3.8) is 0 Å². The van der Waals surface area contributed by atoms with E-state index in [9.17, 15) is 4.79 Å². The van der Waals surface area contributed by atoms with Crippen LogP contribution in [0.1, 0.15) is 10.4 Å². The summed E-state index contributed by atoms with van der Waals surface area (Å²) in [6, 6.07) is 4.79. The van der Waals surface area contributed by atoms with Crippen molar-refractivity contribution in [1.29, 1.82) is 0 Å². The molecule has 0 atom stereocenters. The zero-order valence-electron chi connectivity index (χ0n) is 5.38. The number of hydrogen-bond acceptors (Lipinski definition) is 2. The molecule has 0 saturated carbocycles. The van der Waals surface area contributed by atoms with Crippen molar-refractivity contribution in [1.82, 2.24) is 0 Å². The predicted molar refractivity (Wildman–Crippen MR) is 46.4 cm³/mol. The van der Waals surface area contributed by atoms with Gasteiger partial charge in [-0.05, 0) is 18.2 Å². The number of benzene rings is 1. The minimum atomic E-state index is 0.425. The van der Waals surface area contributed by atoms with Crippen molar-refractivity contribution in [2.75, 3.05) is 0 Å². The van der Waals surface area contributed by atoms with E-state index >= 15 is 0 Å². The molecule has 0 aromatic heterocycles. The molecular formula is C7H4BrClO2. The van der Waals surface area contributed by atoms with Crippen LogP contribution in [0.25, 0.3) is 0 Å². The highest BCUT2D eigenvalue weighted by molar-refractivity contribution is 9.06. The minimum Gasteiger partial charge on any atom is -0.417 e. The molecular weight excluding hydrogens is 231 g/mol. The fraction of sp³-hybridized carbons (Fsp3) is 0. The number of hydrogen-bond donors (Lipinski definition) is 0. The van der Waals surface area contributed by atoms with Crippen LogP contribution < -0.4 is 3.83 Å². The van der Waals surface area contributed by atoms with Crippen LogP contribution in [0.2, 0.25) is 5.02 Å². The molecule has 4 heteroatoms. The van der Waals surface area contributed by atoms with Gasteiger partial charge in [0, 0.05) is 5.02 Å². The summed E-state index contributed by atoms with van der Waals surface area (Å²) in [6.07, 6.45) is 0.683. The van der Waals surface area contributed by atoms with Gasteiger partial charge in [-0.15, -0.1) is 0 Å². The molecule has 0 aliphatic rings. The van der Waals surface area contributed by atoms with Gasteiger partial charge in [-0.1, -0.05) is 11.6 Å². The summed E-state index contributed by atoms with van der Waals surface area (Å²) in [6.45, 7) is 0. The van der Waals surface area contributed by atoms with Gasteiger partial charge in [0.2, 0.25) is 0 Å². The van der Waals surface area contributed by atoms with Gasteiger partial charge in [0.1, 0.15) is 5.75 Å². The highest BCUT2D eigenvalue weighted by atomic mass is 79.9. The Balaban J connectivity index is 3.16. The Morgan fingerprint density at radius 1 is 1.55 bits per heavy atom. The fourth-order valence-electron chi connectivity index (χ4n) is 0.682. The Hall–Kier alpha value is -0.540. The fourth-order valence-corrected chi connectivity index (χ4v) is 1.16. The normalized spacial score (nSPS) is 9.27. The molecule has 0 unspecified atom stereocenters. The summed E-state index contributed by atoms with van der Waals surface area (Å²) in [7, 11) is 0. The van der Waals surface area contributed by atoms with Gasteiger partial charge in [-0.25, -0.2) is 0 Å². The van der Waals surface area contributed by atoms with Gasteiger partial charge in [0.15, 0.2) is 22.5 Å². The molecule has 1 aromatic carbocycles. The zero-order valence-corrected chi connectivity index (χ0v) is 7.72. The Kier molecular flexibility index (Phi) is 2.91. The monoisotopic (exact) mass is 234 g/mol. The van der Waals surface area contributed by atoms with Gasteiger partial charge in [-0.2, -0.15) is 0 Å². The highest BCUT2D eigenvalue weighted by Crippen LogP contribution is 2.22. The van der Waals surface area contributed by atoms with E-state index in [0.717, 1.165) is 0 Å². The maximum Gasteiger partial charge on any atom is 0.179 e. The van der Waals surface area contributed by atoms with Crippen LogP contribution >= 0.6 is 27.9 Å². The van der Waals surface area contributed by atoms with Crippen LogP contribution in [0.5, 0.6) is 5.75 Å². The number of carbonyl (C=O) groups excluding carboxylic acids is 1. The van der Waals surface area contributed by atoms with Crippen LogP contribution in [0.15, 0.2) is 18.2 Å². The van der Waals surface area contributed by atoms with Crippen molar-refractivity contribution in [3.05, 3.63) is 28.8 Å². The summed E-state index contributed by atoms with van der Waals surface area (Å²) < 4.78 is 4.71. The maximum atomic E-state index is 10.4. The maximum absolute atomic E-state index is 10.4. The lowest BCUT2D eigenvalue weighted by molar-refractivity contribution is 0.112. The first-order valence-electron chi connectivity index (χ1n) is 2.81. The molecule has 0 aliphatic carbocycles. The first-order chi connectivity index (χ1) is 5.27. The second-order valence-corrected chi connectivity index (χ2v) is 2.64. The Labute approximate surface area is 77.6 Å². The first kappa shape index (κ1) is 8.56. The molecule has 0 N–H and O–H groups in total. The Bertz CT molecular complexity index is 275. The lowest BCUT2D eigenvalue weighted by Crippen LogP contribution is -1.84. The number of halogens is 2. The summed E-state index contributed by atoms with van der Waals surface area (Å²) >= 11 is 8.39. The summed E-state index contributed by atoms with van der Waals surface area (Å²) in [5.74, 6) is 0.462. The average Bonchev–Trinajstić information content (AvgIpc) is 2.04. The van der Waals surface area contributed by atoms with E-state index in [-0.39, 0.29) is 0 Å². The molecule has 58 valence electrons. The molecule has 0 radical (unpaired) electrons. The SMILES string of the molecule is O=Cc1cc(Cl)ccc1OBr. The molecule has 0 fully saturated rings. The van der Waals surface area contributed by atoms with Crippen molar-refractivity contribution in [2.45, 2.75) is 0 Å². The average molecular weight is 235 g/mol. The van der Waals surface area contributed by atoms with E-state index in [0.29, 0.717) is 22.6 Å². The largest absolute Gasteiger partial charge is 0.417 e. The number of aldehydes is 1. The quantitative estimate of drug-likeness (QED) is 0.737. The summed E-state index contributed by atoms with van der Waals surface area (Å²) in [5.41, 5.74) is 0.425. The van der Waals surface area contributed by atoms with Crippen LogP contribution in [-0.4, -0.2) is 6.29 Å². The summed E-state index contributed by atoms with van der Waals surface area (Å²) in [4.78, 5) is 10.4. The third-order valence-electron chi connectivity index (χ3n) is 1.18. The number of rotatable bonds is 2. The van der Waals surface area contributed by atoms with E-state index in [1.165, 1.54) is 6.07 Å². The zero-order chi connectivity index (χ0) is 8.27. The Morgan fingerprint density at radius 3 is 2.82 bits per heavy atom. The van der Waals surface area contributed by atoms with Crippen molar-refractivity contribution >= 4 is 34.1 Å². The van der Waals surface area contributed by atoms with Crippen LogP contribution in [0.4, 0.5) is 0 Å². The minimum absolute atomic E-state index is 0.425.